The number of aliphatic hydroxyl groups is 1. The smallest absolute Gasteiger partial charge is 0.0812 e. The van der Waals surface area contributed by atoms with Gasteiger partial charge in [0.2, 0.25) is 0 Å². The fourth-order valence-electron chi connectivity index (χ4n) is 4.62. The molecule has 1 aromatic rings. The van der Waals surface area contributed by atoms with Crippen LogP contribution in [0.15, 0.2) is 6.07 Å². The van der Waals surface area contributed by atoms with Crippen LogP contribution in [-0.2, 0) is 6.42 Å². The first-order chi connectivity index (χ1) is 9.94. The molecule has 2 fully saturated rings. The van der Waals surface area contributed by atoms with Crippen molar-refractivity contribution in [3.05, 3.63) is 23.0 Å². The molecule has 1 saturated heterocycles. The molecule has 1 saturated carbocycles. The maximum Gasteiger partial charge on any atom is 0.0812 e. The van der Waals surface area contributed by atoms with Crippen molar-refractivity contribution < 1.29 is 5.11 Å². The number of hydrogen-bond acceptors (Lipinski definition) is 2. The van der Waals surface area contributed by atoms with Crippen LogP contribution in [0.25, 0.3) is 0 Å². The lowest BCUT2D eigenvalue weighted by atomic mass is 9.75. The van der Waals surface area contributed by atoms with E-state index in [1.165, 1.54) is 49.3 Å². The van der Waals surface area contributed by atoms with Gasteiger partial charge in [-0.3, -0.25) is 4.90 Å². The van der Waals surface area contributed by atoms with Gasteiger partial charge < -0.3 is 9.67 Å². The summed E-state index contributed by atoms with van der Waals surface area (Å²) in [5, 5.41) is 10.5. The maximum absolute atomic E-state index is 10.5. The number of aryl methyl sites for hydroxylation is 1. The molecule has 0 radical (unpaired) electrons. The number of aromatic nitrogens is 1. The van der Waals surface area contributed by atoms with Gasteiger partial charge in [-0.25, -0.2) is 0 Å². The highest BCUT2D eigenvalue weighted by atomic mass is 16.3. The molecule has 2 atom stereocenters. The van der Waals surface area contributed by atoms with Crippen LogP contribution in [0, 0.1) is 12.3 Å². The van der Waals surface area contributed by atoms with Crippen LogP contribution in [0.1, 0.15) is 68.6 Å². The predicted octanol–water partition coefficient (Wildman–Crippen LogP) is 3.21. The Bertz CT molecular complexity index is 556. The lowest BCUT2D eigenvalue weighted by Gasteiger charge is -2.35. The second-order valence-corrected chi connectivity index (χ2v) is 8.29. The molecule has 1 N–H and O–H groups in total. The zero-order valence-corrected chi connectivity index (χ0v) is 13.6. The molecule has 0 amide bonds. The Hall–Kier alpha value is -0.800. The van der Waals surface area contributed by atoms with Crippen molar-refractivity contribution in [2.75, 3.05) is 13.1 Å². The van der Waals surface area contributed by atoms with Crippen LogP contribution >= 0.6 is 0 Å². The van der Waals surface area contributed by atoms with Crippen molar-refractivity contribution in [1.82, 2.24) is 9.47 Å². The van der Waals surface area contributed by atoms with Crippen molar-refractivity contribution in [1.29, 1.82) is 0 Å². The van der Waals surface area contributed by atoms with Gasteiger partial charge in [-0.15, -0.1) is 0 Å². The summed E-state index contributed by atoms with van der Waals surface area (Å²) >= 11 is 0. The third-order valence-corrected chi connectivity index (χ3v) is 5.74. The third kappa shape index (κ3) is 2.35. The summed E-state index contributed by atoms with van der Waals surface area (Å²) < 4.78 is 2.57. The fourth-order valence-corrected chi connectivity index (χ4v) is 4.62. The van der Waals surface area contributed by atoms with E-state index in [0.717, 1.165) is 18.9 Å². The van der Waals surface area contributed by atoms with E-state index >= 15 is 0 Å². The topological polar surface area (TPSA) is 28.4 Å². The highest BCUT2D eigenvalue weighted by Crippen LogP contribution is 2.44. The minimum absolute atomic E-state index is 0.212. The molecule has 0 aromatic carbocycles. The molecule has 1 aromatic heterocycles. The number of hydrogen-bond donors (Lipinski definition) is 1. The molecule has 2 unspecified atom stereocenters. The monoisotopic (exact) mass is 288 g/mol. The minimum Gasteiger partial charge on any atom is -0.388 e. The lowest BCUT2D eigenvalue weighted by molar-refractivity contribution is 0.0974. The van der Waals surface area contributed by atoms with Crippen molar-refractivity contribution in [2.24, 2.45) is 5.41 Å². The van der Waals surface area contributed by atoms with Crippen molar-refractivity contribution in [3.63, 3.8) is 0 Å². The summed E-state index contributed by atoms with van der Waals surface area (Å²) in [4.78, 5) is 2.68. The van der Waals surface area contributed by atoms with Gasteiger partial charge in [-0.05, 0) is 50.5 Å². The summed E-state index contributed by atoms with van der Waals surface area (Å²) in [5.41, 5.74) is 4.18. The van der Waals surface area contributed by atoms with E-state index in [9.17, 15) is 5.11 Å². The molecule has 3 aliphatic rings. The van der Waals surface area contributed by atoms with Crippen molar-refractivity contribution in [3.8, 4) is 0 Å². The van der Waals surface area contributed by atoms with E-state index in [1.54, 1.807) is 0 Å². The predicted molar refractivity (Wildman–Crippen MR) is 84.5 cm³/mol. The normalized spacial score (nSPS) is 32.4. The maximum atomic E-state index is 10.5. The summed E-state index contributed by atoms with van der Waals surface area (Å²) in [5.74, 6) is 0. The van der Waals surface area contributed by atoms with Crippen LogP contribution in [0.3, 0.4) is 0 Å². The van der Waals surface area contributed by atoms with E-state index in [2.05, 4.69) is 36.3 Å². The Morgan fingerprint density at radius 2 is 1.95 bits per heavy atom. The highest BCUT2D eigenvalue weighted by molar-refractivity contribution is 5.34. The molecule has 116 valence electrons. The van der Waals surface area contributed by atoms with Gasteiger partial charge >= 0.3 is 0 Å². The van der Waals surface area contributed by atoms with Crippen LogP contribution in [0.4, 0.5) is 0 Å². The lowest BCUT2D eigenvalue weighted by Crippen LogP contribution is -2.29. The SMILES string of the molecule is Cc1cc2c(n1C1CCN(C3CC3)C1)CC(C)(C)CC2O. The molecule has 2 aliphatic carbocycles. The van der Waals surface area contributed by atoms with Crippen LogP contribution in [0.5, 0.6) is 0 Å². The van der Waals surface area contributed by atoms with E-state index in [4.69, 9.17) is 0 Å². The average molecular weight is 288 g/mol. The quantitative estimate of drug-likeness (QED) is 0.905. The average Bonchev–Trinajstić information content (AvgIpc) is 3.03. The van der Waals surface area contributed by atoms with E-state index in [0.29, 0.717) is 6.04 Å². The standard InChI is InChI=1S/C18H28N2O/c1-12-8-15-16(9-18(2,3)10-17(15)21)20(12)14-6-7-19(11-14)13-4-5-13/h8,13-14,17,21H,4-7,9-11H2,1-3H3. The van der Waals surface area contributed by atoms with Crippen LogP contribution in [0.2, 0.25) is 0 Å². The van der Waals surface area contributed by atoms with Gasteiger partial charge in [0.1, 0.15) is 0 Å². The second kappa shape index (κ2) is 4.60. The molecule has 3 nitrogen and oxygen atoms in total. The van der Waals surface area contributed by atoms with Crippen molar-refractivity contribution in [2.45, 2.75) is 71.1 Å². The van der Waals surface area contributed by atoms with Gasteiger partial charge in [-0.2, -0.15) is 0 Å². The third-order valence-electron chi connectivity index (χ3n) is 5.74. The van der Waals surface area contributed by atoms with Gasteiger partial charge in [0, 0.05) is 42.1 Å². The zero-order valence-electron chi connectivity index (χ0n) is 13.6. The number of fused-ring (bicyclic) bond motifs is 1. The molecule has 2 heterocycles. The van der Waals surface area contributed by atoms with Crippen molar-refractivity contribution >= 4 is 0 Å². The summed E-state index contributed by atoms with van der Waals surface area (Å²) in [7, 11) is 0. The Labute approximate surface area is 127 Å². The molecular weight excluding hydrogens is 260 g/mol. The van der Waals surface area contributed by atoms with E-state index in [-0.39, 0.29) is 11.5 Å². The Morgan fingerprint density at radius 3 is 2.67 bits per heavy atom. The first kappa shape index (κ1) is 13.8. The number of likely N-dealkylation sites (tertiary alicyclic amines) is 1. The van der Waals surface area contributed by atoms with Gasteiger partial charge in [0.15, 0.2) is 0 Å². The van der Waals surface area contributed by atoms with Gasteiger partial charge in [0.05, 0.1) is 6.10 Å². The minimum atomic E-state index is -0.273. The zero-order chi connectivity index (χ0) is 14.8. The van der Waals surface area contributed by atoms with E-state index < -0.39 is 0 Å². The Balaban J connectivity index is 1.67. The molecule has 0 bridgehead atoms. The number of nitrogens with zero attached hydrogens (tertiary/aromatic N) is 2. The fraction of sp³-hybridized carbons (Fsp3) is 0.778. The van der Waals surface area contributed by atoms with Crippen LogP contribution < -0.4 is 0 Å². The molecule has 0 spiro atoms. The molecule has 3 heteroatoms. The van der Waals surface area contributed by atoms with Gasteiger partial charge in [0.25, 0.3) is 0 Å². The Kier molecular flexibility index (Phi) is 3.03. The van der Waals surface area contributed by atoms with Gasteiger partial charge in [-0.1, -0.05) is 13.8 Å². The first-order valence-electron chi connectivity index (χ1n) is 8.57. The van der Waals surface area contributed by atoms with Crippen LogP contribution in [-0.4, -0.2) is 33.7 Å². The molecular formula is C18H28N2O. The second-order valence-electron chi connectivity index (χ2n) is 8.29. The molecule has 4 rings (SSSR count). The first-order valence-corrected chi connectivity index (χ1v) is 8.57. The molecule has 21 heavy (non-hydrogen) atoms. The summed E-state index contributed by atoms with van der Waals surface area (Å²) in [6.45, 7) is 9.27. The molecule has 1 aliphatic heterocycles. The number of rotatable bonds is 2. The Morgan fingerprint density at radius 1 is 1.19 bits per heavy atom. The van der Waals surface area contributed by atoms with E-state index in [1.807, 2.05) is 0 Å². The number of aliphatic hydroxyl groups excluding tert-OH is 1. The summed E-state index contributed by atoms with van der Waals surface area (Å²) in [6, 6.07) is 3.74. The summed E-state index contributed by atoms with van der Waals surface area (Å²) in [6.07, 6.45) is 5.80. The highest BCUT2D eigenvalue weighted by Gasteiger charge is 2.39. The largest absolute Gasteiger partial charge is 0.388 e.